The molecule has 156 valence electrons. The Morgan fingerprint density at radius 3 is 2.22 bits per heavy atom. The van der Waals surface area contributed by atoms with E-state index in [0.717, 1.165) is 25.7 Å². The molecule has 0 heterocycles. The lowest BCUT2D eigenvalue weighted by atomic mass is 9.80. The summed E-state index contributed by atoms with van der Waals surface area (Å²) >= 11 is 0. The fraction of sp³-hybridized carbons (Fsp3) is 0.850. The molecule has 0 radical (unpaired) electrons. The molecule has 1 aliphatic carbocycles. The van der Waals surface area contributed by atoms with Crippen LogP contribution in [0.15, 0.2) is 0 Å². The quantitative estimate of drug-likeness (QED) is 0.501. The highest BCUT2D eigenvalue weighted by atomic mass is 16.5. The zero-order chi connectivity index (χ0) is 20.2. The van der Waals surface area contributed by atoms with E-state index >= 15 is 0 Å². The van der Waals surface area contributed by atoms with Crippen LogP contribution in [0.4, 0.5) is 0 Å². The number of hydrogen-bond acceptors (Lipinski definition) is 5. The number of hydrogen-bond donors (Lipinski definition) is 2. The van der Waals surface area contributed by atoms with Gasteiger partial charge in [-0.3, -0.25) is 14.4 Å². The minimum Gasteiger partial charge on any atom is -0.379 e. The molecule has 0 spiro atoms. The van der Waals surface area contributed by atoms with Gasteiger partial charge in [-0.25, -0.2) is 0 Å². The highest BCUT2D eigenvalue weighted by Gasteiger charge is 2.28. The minimum atomic E-state index is -0.170. The van der Waals surface area contributed by atoms with E-state index in [4.69, 9.17) is 9.47 Å². The molecule has 2 N–H and O–H groups in total. The lowest BCUT2D eigenvalue weighted by molar-refractivity contribution is -0.128. The number of nitrogens with one attached hydrogen (secondary N) is 2. The molecule has 0 unspecified atom stereocenters. The second-order valence-electron chi connectivity index (χ2n) is 7.75. The average Bonchev–Trinajstić information content (AvgIpc) is 2.62. The smallest absolute Gasteiger partial charge is 0.246 e. The first-order chi connectivity index (χ1) is 12.8. The van der Waals surface area contributed by atoms with Gasteiger partial charge in [0.15, 0.2) is 0 Å². The number of carbonyl (C=O) groups is 3. The van der Waals surface area contributed by atoms with Crippen molar-refractivity contribution in [1.82, 2.24) is 10.6 Å². The van der Waals surface area contributed by atoms with Crippen LogP contribution in [0.2, 0.25) is 0 Å². The lowest BCUT2D eigenvalue weighted by Crippen LogP contribution is -2.39. The van der Waals surface area contributed by atoms with Crippen LogP contribution in [-0.2, 0) is 23.9 Å². The first-order valence-corrected chi connectivity index (χ1v) is 10.1. The zero-order valence-electron chi connectivity index (χ0n) is 17.2. The van der Waals surface area contributed by atoms with Gasteiger partial charge >= 0.3 is 0 Å². The summed E-state index contributed by atoms with van der Waals surface area (Å²) < 4.78 is 10.6. The highest BCUT2D eigenvalue weighted by molar-refractivity contribution is 5.83. The monoisotopic (exact) mass is 384 g/mol. The molecule has 0 bridgehead atoms. The number of carbonyl (C=O) groups excluding carboxylic acids is 3. The number of ether oxygens (including phenoxy) is 2. The molecule has 2 amide bonds. The summed E-state index contributed by atoms with van der Waals surface area (Å²) in [5.41, 5.74) is 0. The van der Waals surface area contributed by atoms with E-state index in [9.17, 15) is 14.4 Å². The fourth-order valence-electron chi connectivity index (χ4n) is 3.12. The lowest BCUT2D eigenvalue weighted by Gasteiger charge is -2.29. The molecule has 0 aromatic heterocycles. The summed E-state index contributed by atoms with van der Waals surface area (Å²) in [5.74, 6) is 0.393. The van der Waals surface area contributed by atoms with Crippen LogP contribution in [0.5, 0.6) is 0 Å². The maximum Gasteiger partial charge on any atom is 0.246 e. The van der Waals surface area contributed by atoms with Crippen molar-refractivity contribution in [3.05, 3.63) is 0 Å². The molecule has 0 atom stereocenters. The van der Waals surface area contributed by atoms with Gasteiger partial charge in [-0.1, -0.05) is 13.8 Å². The summed E-state index contributed by atoms with van der Waals surface area (Å²) in [6, 6.07) is 0.161. The average molecular weight is 385 g/mol. The molecule has 0 aromatic rings. The Morgan fingerprint density at radius 1 is 0.963 bits per heavy atom. The summed E-state index contributed by atoms with van der Waals surface area (Å²) in [4.78, 5) is 35.4. The van der Waals surface area contributed by atoms with Crippen molar-refractivity contribution in [1.29, 1.82) is 0 Å². The van der Waals surface area contributed by atoms with Crippen molar-refractivity contribution >= 4 is 17.6 Å². The molecule has 0 saturated heterocycles. The van der Waals surface area contributed by atoms with Gasteiger partial charge in [-0.05, 0) is 39.5 Å². The third kappa shape index (κ3) is 10.4. The van der Waals surface area contributed by atoms with E-state index in [1.807, 2.05) is 27.7 Å². The van der Waals surface area contributed by atoms with Crippen LogP contribution in [0.3, 0.4) is 0 Å². The van der Waals surface area contributed by atoms with Crippen LogP contribution in [0, 0.1) is 11.8 Å². The number of Topliss-reactive ketones (excluding diaryl/α,β-unsaturated/α-hetero) is 1. The van der Waals surface area contributed by atoms with Gasteiger partial charge in [0.25, 0.3) is 0 Å². The first kappa shape index (κ1) is 23.6. The Balaban J connectivity index is 2.04. The van der Waals surface area contributed by atoms with Crippen LogP contribution < -0.4 is 10.6 Å². The number of ketones is 1. The number of rotatable bonds is 12. The van der Waals surface area contributed by atoms with Crippen molar-refractivity contribution in [2.75, 3.05) is 26.4 Å². The van der Waals surface area contributed by atoms with Crippen molar-refractivity contribution in [2.45, 2.75) is 71.9 Å². The molecule has 1 fully saturated rings. The first-order valence-electron chi connectivity index (χ1n) is 10.1. The van der Waals surface area contributed by atoms with Gasteiger partial charge in [0.2, 0.25) is 11.8 Å². The molecule has 1 rings (SSSR count). The van der Waals surface area contributed by atoms with Gasteiger partial charge in [0.05, 0.1) is 19.3 Å². The zero-order valence-corrected chi connectivity index (χ0v) is 17.2. The topological polar surface area (TPSA) is 93.7 Å². The van der Waals surface area contributed by atoms with Gasteiger partial charge in [-0.2, -0.15) is 0 Å². The highest BCUT2D eigenvalue weighted by Crippen LogP contribution is 2.27. The Hall–Kier alpha value is -1.47. The molecule has 0 aromatic carbocycles. The van der Waals surface area contributed by atoms with E-state index in [1.165, 1.54) is 0 Å². The standard InChI is InChI=1S/C20H36N2O5/c1-14(2)20(25)16-5-7-17(8-6-16)22-18(23)9-11-26-12-10-21-19(24)13-27-15(3)4/h14-17H,5-13H2,1-4H3,(H,21,24)(H,22,23)/t16-,17+. The van der Waals surface area contributed by atoms with Crippen molar-refractivity contribution < 1.29 is 23.9 Å². The van der Waals surface area contributed by atoms with E-state index in [-0.39, 0.29) is 42.4 Å². The molecule has 7 heteroatoms. The van der Waals surface area contributed by atoms with Gasteiger partial charge in [0, 0.05) is 30.8 Å². The predicted octanol–water partition coefficient (Wildman–Crippen LogP) is 1.83. The van der Waals surface area contributed by atoms with E-state index in [1.54, 1.807) is 0 Å². The second-order valence-corrected chi connectivity index (χ2v) is 7.75. The molecule has 27 heavy (non-hydrogen) atoms. The Kier molecular flexibility index (Phi) is 11.2. The van der Waals surface area contributed by atoms with Crippen molar-refractivity contribution in [3.8, 4) is 0 Å². The molecule has 7 nitrogen and oxygen atoms in total. The molecule has 1 aliphatic rings. The van der Waals surface area contributed by atoms with Crippen molar-refractivity contribution in [2.24, 2.45) is 11.8 Å². The predicted molar refractivity (Wildman–Crippen MR) is 103 cm³/mol. The normalized spacial score (nSPS) is 19.9. The van der Waals surface area contributed by atoms with Gasteiger partial charge < -0.3 is 20.1 Å². The van der Waals surface area contributed by atoms with Gasteiger partial charge in [0.1, 0.15) is 12.4 Å². The maximum absolute atomic E-state index is 12.0. The SMILES string of the molecule is CC(C)OCC(=O)NCCOCCC(=O)N[C@H]1CC[C@@H](C(=O)C(C)C)CC1. The molecular formula is C20H36N2O5. The Labute approximate surface area is 162 Å². The fourth-order valence-corrected chi connectivity index (χ4v) is 3.12. The van der Waals surface area contributed by atoms with Crippen LogP contribution in [-0.4, -0.2) is 56.1 Å². The molecule has 0 aliphatic heterocycles. The summed E-state index contributed by atoms with van der Waals surface area (Å²) in [6.07, 6.45) is 3.77. The minimum absolute atomic E-state index is 0.0243. The van der Waals surface area contributed by atoms with Crippen LogP contribution >= 0.6 is 0 Å². The Bertz CT molecular complexity index is 471. The molecular weight excluding hydrogens is 348 g/mol. The maximum atomic E-state index is 12.0. The van der Waals surface area contributed by atoms with E-state index < -0.39 is 0 Å². The molecule has 1 saturated carbocycles. The summed E-state index contributed by atoms with van der Waals surface area (Å²) in [5, 5.41) is 5.72. The van der Waals surface area contributed by atoms with Crippen LogP contribution in [0.1, 0.15) is 59.8 Å². The third-order valence-corrected chi connectivity index (χ3v) is 4.65. The number of amides is 2. The second kappa shape index (κ2) is 12.8. The third-order valence-electron chi connectivity index (χ3n) is 4.65. The van der Waals surface area contributed by atoms with E-state index in [2.05, 4.69) is 10.6 Å². The summed E-state index contributed by atoms with van der Waals surface area (Å²) in [7, 11) is 0. The van der Waals surface area contributed by atoms with Crippen molar-refractivity contribution in [3.63, 3.8) is 0 Å². The summed E-state index contributed by atoms with van der Waals surface area (Å²) in [6.45, 7) is 8.77. The van der Waals surface area contributed by atoms with E-state index in [0.29, 0.717) is 32.0 Å². The van der Waals surface area contributed by atoms with Gasteiger partial charge in [-0.15, -0.1) is 0 Å². The van der Waals surface area contributed by atoms with Crippen LogP contribution in [0.25, 0.3) is 0 Å². The largest absolute Gasteiger partial charge is 0.379 e. The Morgan fingerprint density at radius 2 is 1.63 bits per heavy atom.